The molecule has 1 aliphatic rings. The lowest BCUT2D eigenvalue weighted by Crippen LogP contribution is -2.21. The molecule has 0 unspecified atom stereocenters. The second-order valence-electron chi connectivity index (χ2n) is 2.81. The molecule has 1 aromatic heterocycles. The number of hydrogen-bond donors (Lipinski definition) is 2. The number of carbonyl (C=O) groups is 1. The molecule has 0 saturated heterocycles. The van der Waals surface area contributed by atoms with Crippen molar-refractivity contribution in [3.63, 3.8) is 0 Å². The van der Waals surface area contributed by atoms with Gasteiger partial charge in [-0.25, -0.2) is 4.99 Å². The summed E-state index contributed by atoms with van der Waals surface area (Å²) in [5.41, 5.74) is 1.32. The fourth-order valence-corrected chi connectivity index (χ4v) is 1.17. The van der Waals surface area contributed by atoms with Crippen molar-refractivity contribution in [2.24, 2.45) is 4.99 Å². The van der Waals surface area contributed by atoms with Crippen LogP contribution < -0.4 is 5.32 Å². The van der Waals surface area contributed by atoms with Crippen LogP contribution in [-0.2, 0) is 4.79 Å². The third-order valence-electron chi connectivity index (χ3n) is 1.73. The summed E-state index contributed by atoms with van der Waals surface area (Å²) in [5, 5.41) is 2.61. The van der Waals surface area contributed by atoms with Crippen molar-refractivity contribution in [3.8, 4) is 0 Å². The molecule has 1 aliphatic heterocycles. The van der Waals surface area contributed by atoms with Crippen LogP contribution in [0.15, 0.2) is 29.0 Å². The summed E-state index contributed by atoms with van der Waals surface area (Å²) < 4.78 is 0. The van der Waals surface area contributed by atoms with Crippen molar-refractivity contribution in [2.45, 2.75) is 6.92 Å². The van der Waals surface area contributed by atoms with Crippen molar-refractivity contribution in [2.75, 3.05) is 0 Å². The van der Waals surface area contributed by atoms with Crippen molar-refractivity contribution in [1.82, 2.24) is 10.3 Å². The highest BCUT2D eigenvalue weighted by Gasteiger charge is 2.16. The summed E-state index contributed by atoms with van der Waals surface area (Å²) in [6, 6.07) is 3.75. The predicted molar refractivity (Wildman–Crippen MR) is 50.0 cm³/mol. The van der Waals surface area contributed by atoms with Gasteiger partial charge in [0.15, 0.2) is 0 Å². The number of aliphatic imine (C=N–C) groups is 1. The molecule has 0 aromatic carbocycles. The van der Waals surface area contributed by atoms with Gasteiger partial charge in [0, 0.05) is 11.9 Å². The van der Waals surface area contributed by atoms with Gasteiger partial charge in [0.05, 0.1) is 0 Å². The molecule has 2 heterocycles. The minimum atomic E-state index is -0.146. The zero-order chi connectivity index (χ0) is 9.26. The number of hydrogen-bond acceptors (Lipinski definition) is 2. The summed E-state index contributed by atoms with van der Waals surface area (Å²) in [4.78, 5) is 18.2. The van der Waals surface area contributed by atoms with Crippen LogP contribution in [0.25, 0.3) is 6.08 Å². The quantitative estimate of drug-likeness (QED) is 0.612. The largest absolute Gasteiger partial charge is 0.362 e. The maximum Gasteiger partial charge on any atom is 0.275 e. The van der Waals surface area contributed by atoms with Crippen molar-refractivity contribution >= 4 is 17.8 Å². The zero-order valence-corrected chi connectivity index (χ0v) is 7.16. The molecule has 4 nitrogen and oxygen atoms in total. The Morgan fingerprint density at radius 1 is 1.54 bits per heavy atom. The van der Waals surface area contributed by atoms with Crippen LogP contribution in [0.3, 0.4) is 0 Å². The minimum absolute atomic E-state index is 0.146. The molecule has 0 aliphatic carbocycles. The summed E-state index contributed by atoms with van der Waals surface area (Å²) in [7, 11) is 0. The van der Waals surface area contributed by atoms with E-state index >= 15 is 0 Å². The first-order valence-corrected chi connectivity index (χ1v) is 3.97. The van der Waals surface area contributed by atoms with Crippen LogP contribution in [0.5, 0.6) is 0 Å². The van der Waals surface area contributed by atoms with Gasteiger partial charge in [-0.3, -0.25) is 4.79 Å². The Morgan fingerprint density at radius 2 is 2.38 bits per heavy atom. The summed E-state index contributed by atoms with van der Waals surface area (Å²) >= 11 is 0. The van der Waals surface area contributed by atoms with Gasteiger partial charge >= 0.3 is 0 Å². The van der Waals surface area contributed by atoms with E-state index in [1.807, 2.05) is 12.1 Å². The summed E-state index contributed by atoms with van der Waals surface area (Å²) in [6.45, 7) is 1.76. The number of rotatable bonds is 1. The third kappa shape index (κ3) is 1.51. The standard InChI is InChI=1S/C9H9N3O/c1-6-11-8(9(13)12-6)5-7-3-2-4-10-7/h2-5,10H,1H3,(H,11,12,13). The average Bonchev–Trinajstić information content (AvgIpc) is 2.63. The molecule has 4 heteroatoms. The molecular formula is C9H9N3O. The van der Waals surface area contributed by atoms with E-state index in [9.17, 15) is 4.79 Å². The molecule has 0 bridgehead atoms. The van der Waals surface area contributed by atoms with Crippen molar-refractivity contribution in [3.05, 3.63) is 29.7 Å². The lowest BCUT2D eigenvalue weighted by molar-refractivity contribution is -0.115. The highest BCUT2D eigenvalue weighted by molar-refractivity contribution is 6.13. The smallest absolute Gasteiger partial charge is 0.275 e. The van der Waals surface area contributed by atoms with E-state index in [-0.39, 0.29) is 5.91 Å². The predicted octanol–water partition coefficient (Wildman–Crippen LogP) is 0.904. The Balaban J connectivity index is 2.31. The minimum Gasteiger partial charge on any atom is -0.362 e. The van der Waals surface area contributed by atoms with E-state index in [0.717, 1.165) is 5.69 Å². The maximum atomic E-state index is 11.2. The van der Waals surface area contributed by atoms with Crippen LogP contribution in [0, 0.1) is 0 Å². The zero-order valence-electron chi connectivity index (χ0n) is 7.16. The third-order valence-corrected chi connectivity index (χ3v) is 1.73. The van der Waals surface area contributed by atoms with Crippen LogP contribution in [-0.4, -0.2) is 16.7 Å². The number of H-pyrrole nitrogens is 1. The molecule has 0 spiro atoms. The van der Waals surface area contributed by atoms with E-state index in [0.29, 0.717) is 11.5 Å². The second kappa shape index (κ2) is 2.90. The van der Waals surface area contributed by atoms with Gasteiger partial charge in [-0.05, 0) is 25.1 Å². The highest BCUT2D eigenvalue weighted by Crippen LogP contribution is 2.09. The van der Waals surface area contributed by atoms with Crippen LogP contribution in [0.1, 0.15) is 12.6 Å². The van der Waals surface area contributed by atoms with Gasteiger partial charge in [-0.2, -0.15) is 0 Å². The molecule has 13 heavy (non-hydrogen) atoms. The van der Waals surface area contributed by atoms with Crippen LogP contribution >= 0.6 is 0 Å². The van der Waals surface area contributed by atoms with Gasteiger partial charge in [0.2, 0.25) is 0 Å². The molecule has 2 rings (SSSR count). The lowest BCUT2D eigenvalue weighted by Gasteiger charge is -1.89. The molecule has 0 saturated carbocycles. The fourth-order valence-electron chi connectivity index (χ4n) is 1.17. The Morgan fingerprint density at radius 3 is 2.92 bits per heavy atom. The second-order valence-corrected chi connectivity index (χ2v) is 2.81. The Hall–Kier alpha value is -1.84. The number of amidine groups is 1. The van der Waals surface area contributed by atoms with Crippen molar-refractivity contribution in [1.29, 1.82) is 0 Å². The van der Waals surface area contributed by atoms with Gasteiger partial charge in [0.1, 0.15) is 11.5 Å². The highest BCUT2D eigenvalue weighted by atomic mass is 16.2. The molecule has 66 valence electrons. The monoisotopic (exact) mass is 175 g/mol. The lowest BCUT2D eigenvalue weighted by atomic mass is 10.3. The fraction of sp³-hybridized carbons (Fsp3) is 0.111. The Kier molecular flexibility index (Phi) is 1.73. The average molecular weight is 175 g/mol. The number of nitrogens with one attached hydrogen (secondary N) is 2. The number of carbonyl (C=O) groups excluding carboxylic acids is 1. The Labute approximate surface area is 75.4 Å². The van der Waals surface area contributed by atoms with E-state index in [1.54, 1.807) is 19.2 Å². The number of nitrogens with zero attached hydrogens (tertiary/aromatic N) is 1. The van der Waals surface area contributed by atoms with Gasteiger partial charge in [0.25, 0.3) is 5.91 Å². The van der Waals surface area contributed by atoms with Crippen LogP contribution in [0.4, 0.5) is 0 Å². The number of aromatic amines is 1. The first-order chi connectivity index (χ1) is 6.25. The molecule has 1 aromatic rings. The molecular weight excluding hydrogens is 166 g/mol. The first kappa shape index (κ1) is 7.79. The molecule has 2 N–H and O–H groups in total. The molecule has 0 radical (unpaired) electrons. The van der Waals surface area contributed by atoms with E-state index in [2.05, 4.69) is 15.3 Å². The van der Waals surface area contributed by atoms with E-state index in [1.165, 1.54) is 0 Å². The van der Waals surface area contributed by atoms with Crippen LogP contribution in [0.2, 0.25) is 0 Å². The maximum absolute atomic E-state index is 11.2. The van der Waals surface area contributed by atoms with E-state index in [4.69, 9.17) is 0 Å². The molecule has 0 fully saturated rings. The topological polar surface area (TPSA) is 57.2 Å². The SMILES string of the molecule is CC1=NC(=Cc2ccc[nH]2)C(=O)N1. The van der Waals surface area contributed by atoms with Crippen molar-refractivity contribution < 1.29 is 4.79 Å². The Bertz CT molecular complexity index is 387. The molecule has 1 amide bonds. The summed E-state index contributed by atoms with van der Waals surface area (Å²) in [6.07, 6.45) is 3.52. The first-order valence-electron chi connectivity index (χ1n) is 3.97. The normalized spacial score (nSPS) is 19.0. The summed E-state index contributed by atoms with van der Waals surface area (Å²) in [5.74, 6) is 0.495. The van der Waals surface area contributed by atoms with E-state index < -0.39 is 0 Å². The number of aromatic nitrogens is 1. The van der Waals surface area contributed by atoms with Gasteiger partial charge in [-0.1, -0.05) is 0 Å². The molecule has 0 atom stereocenters. The number of amides is 1. The van der Waals surface area contributed by atoms with Gasteiger partial charge < -0.3 is 10.3 Å². The van der Waals surface area contributed by atoms with Gasteiger partial charge in [-0.15, -0.1) is 0 Å².